The van der Waals surface area contributed by atoms with Crippen molar-refractivity contribution >= 4 is 42.6 Å². The number of anilines is 1. The molecule has 1 amide bonds. The molecule has 9 heteroatoms. The molecule has 0 bridgehead atoms. The second-order valence-electron chi connectivity index (χ2n) is 9.92. The highest BCUT2D eigenvalue weighted by molar-refractivity contribution is 7.89. The number of hydrogen-bond acceptors (Lipinski definition) is 6. The first-order valence-electron chi connectivity index (χ1n) is 13.1. The van der Waals surface area contributed by atoms with Crippen LogP contribution in [0.5, 0.6) is 0 Å². The van der Waals surface area contributed by atoms with Crippen LogP contribution in [0.1, 0.15) is 66.3 Å². The van der Waals surface area contributed by atoms with Gasteiger partial charge in [0.15, 0.2) is 5.13 Å². The number of hydrogen-bond donors (Lipinski definition) is 0. The summed E-state index contributed by atoms with van der Waals surface area (Å²) in [7, 11) is -3.65. The number of carbonyl (C=O) groups excluding carboxylic acids is 1. The van der Waals surface area contributed by atoms with Crippen LogP contribution in [0, 0.1) is 13.8 Å². The maximum Gasteiger partial charge on any atom is 0.260 e. The molecule has 1 saturated carbocycles. The molecule has 0 unspecified atom stereocenters. The van der Waals surface area contributed by atoms with Crippen molar-refractivity contribution in [3.8, 4) is 0 Å². The van der Waals surface area contributed by atoms with E-state index in [0.717, 1.165) is 53.4 Å². The van der Waals surface area contributed by atoms with Gasteiger partial charge in [-0.15, -0.1) is 0 Å². The van der Waals surface area contributed by atoms with E-state index in [2.05, 4.69) is 6.07 Å². The van der Waals surface area contributed by atoms with E-state index in [0.29, 0.717) is 23.0 Å². The average molecular weight is 552 g/mol. The second-order valence-corrected chi connectivity index (χ2v) is 12.8. The predicted octanol–water partition coefficient (Wildman–Crippen LogP) is 6.70. The molecule has 2 aromatic heterocycles. The van der Waals surface area contributed by atoms with Crippen LogP contribution in [0.4, 0.5) is 5.13 Å². The zero-order valence-corrected chi connectivity index (χ0v) is 23.6. The molecule has 38 heavy (non-hydrogen) atoms. The number of fused-ring (bicyclic) bond motifs is 1. The number of sulfonamides is 1. The SMILES string of the molecule is CCN(C1CCCCC1)S(=O)(=O)c1ccc(C(=O)N(Cc2ccco2)c2nc3cc(C)cc(C)c3s2)cc1. The molecule has 7 nitrogen and oxygen atoms in total. The van der Waals surface area contributed by atoms with Crippen LogP contribution in [0.2, 0.25) is 0 Å². The first-order chi connectivity index (χ1) is 18.3. The van der Waals surface area contributed by atoms with E-state index < -0.39 is 10.0 Å². The molecule has 0 N–H and O–H groups in total. The summed E-state index contributed by atoms with van der Waals surface area (Å²) in [6.07, 6.45) is 6.64. The number of aromatic nitrogens is 1. The highest BCUT2D eigenvalue weighted by Gasteiger charge is 2.31. The lowest BCUT2D eigenvalue weighted by Gasteiger charge is -2.32. The van der Waals surface area contributed by atoms with E-state index in [9.17, 15) is 13.2 Å². The minimum absolute atomic E-state index is 0.0370. The smallest absolute Gasteiger partial charge is 0.260 e. The molecule has 0 radical (unpaired) electrons. The third kappa shape index (κ3) is 5.28. The summed E-state index contributed by atoms with van der Waals surface area (Å²) in [5.41, 5.74) is 3.47. The minimum Gasteiger partial charge on any atom is -0.467 e. The number of nitrogens with zero attached hydrogens (tertiary/aromatic N) is 3. The molecule has 1 aliphatic carbocycles. The third-order valence-electron chi connectivity index (χ3n) is 7.18. The lowest BCUT2D eigenvalue weighted by Crippen LogP contribution is -2.41. The van der Waals surface area contributed by atoms with Crippen molar-refractivity contribution in [3.63, 3.8) is 0 Å². The second kappa shape index (κ2) is 11.0. The summed E-state index contributed by atoms with van der Waals surface area (Å²) >= 11 is 1.47. The number of benzene rings is 2. The molecule has 2 heterocycles. The van der Waals surface area contributed by atoms with Gasteiger partial charge in [-0.25, -0.2) is 13.4 Å². The Morgan fingerprint density at radius 3 is 2.47 bits per heavy atom. The highest BCUT2D eigenvalue weighted by atomic mass is 32.2. The van der Waals surface area contributed by atoms with E-state index >= 15 is 0 Å². The van der Waals surface area contributed by atoms with Crippen molar-refractivity contribution < 1.29 is 17.6 Å². The minimum atomic E-state index is -3.65. The lowest BCUT2D eigenvalue weighted by molar-refractivity contribution is 0.0983. The van der Waals surface area contributed by atoms with Crippen molar-refractivity contribution in [2.45, 2.75) is 70.4 Å². The Morgan fingerprint density at radius 1 is 1.08 bits per heavy atom. The quantitative estimate of drug-likeness (QED) is 0.243. The number of carbonyl (C=O) groups is 1. The van der Waals surface area contributed by atoms with Crippen molar-refractivity contribution in [1.82, 2.24) is 9.29 Å². The van der Waals surface area contributed by atoms with Gasteiger partial charge in [0.2, 0.25) is 10.0 Å². The molecule has 2 aromatic carbocycles. The van der Waals surface area contributed by atoms with Gasteiger partial charge < -0.3 is 4.42 Å². The van der Waals surface area contributed by atoms with Gasteiger partial charge in [0, 0.05) is 18.2 Å². The highest BCUT2D eigenvalue weighted by Crippen LogP contribution is 2.34. The first kappa shape index (κ1) is 26.6. The average Bonchev–Trinajstić information content (AvgIpc) is 3.58. The van der Waals surface area contributed by atoms with Gasteiger partial charge in [0.25, 0.3) is 5.91 Å². The first-order valence-corrected chi connectivity index (χ1v) is 15.4. The van der Waals surface area contributed by atoms with Crippen molar-refractivity contribution in [2.24, 2.45) is 0 Å². The standard InChI is InChI=1S/C29H33N3O4S2/c1-4-32(23-9-6-5-7-10-23)38(34,35)25-14-12-22(13-15-25)28(33)31(19-24-11-8-16-36-24)29-30-26-18-20(2)17-21(3)27(26)37-29/h8,11-18,23H,4-7,9-10,19H2,1-3H3. The summed E-state index contributed by atoms with van der Waals surface area (Å²) in [5, 5.41) is 0.571. The van der Waals surface area contributed by atoms with Crippen LogP contribution in [0.3, 0.4) is 0 Å². The molecule has 5 rings (SSSR count). The molecule has 200 valence electrons. The fourth-order valence-corrected chi connectivity index (χ4v) is 8.03. The molecule has 4 aromatic rings. The normalized spacial score (nSPS) is 14.8. The maximum atomic E-state index is 13.8. The van der Waals surface area contributed by atoms with E-state index in [1.165, 1.54) is 11.3 Å². The monoisotopic (exact) mass is 551 g/mol. The molecule has 0 saturated heterocycles. The fourth-order valence-electron chi connectivity index (χ4n) is 5.32. The topological polar surface area (TPSA) is 83.7 Å². The summed E-state index contributed by atoms with van der Waals surface area (Å²) < 4.78 is 35.2. The van der Waals surface area contributed by atoms with Gasteiger partial charge in [0.1, 0.15) is 5.76 Å². The van der Waals surface area contributed by atoms with Gasteiger partial charge in [-0.3, -0.25) is 9.69 Å². The number of rotatable bonds is 8. The number of furan rings is 1. The van der Waals surface area contributed by atoms with Crippen LogP contribution in [-0.4, -0.2) is 36.2 Å². The predicted molar refractivity (Wildman–Crippen MR) is 151 cm³/mol. The third-order valence-corrected chi connectivity index (χ3v) is 10.5. The molecule has 0 aliphatic heterocycles. The molecule has 1 fully saturated rings. The van der Waals surface area contributed by atoms with Gasteiger partial charge in [0.05, 0.1) is 27.9 Å². The zero-order valence-electron chi connectivity index (χ0n) is 22.0. The van der Waals surface area contributed by atoms with Crippen LogP contribution < -0.4 is 4.90 Å². The van der Waals surface area contributed by atoms with Gasteiger partial charge >= 0.3 is 0 Å². The van der Waals surface area contributed by atoms with Crippen molar-refractivity contribution in [1.29, 1.82) is 0 Å². The Hall–Kier alpha value is -3.01. The Labute approximate surface area is 228 Å². The lowest BCUT2D eigenvalue weighted by atomic mass is 9.95. The van der Waals surface area contributed by atoms with E-state index in [1.807, 2.05) is 32.9 Å². The largest absolute Gasteiger partial charge is 0.467 e. The van der Waals surface area contributed by atoms with E-state index in [4.69, 9.17) is 9.40 Å². The Morgan fingerprint density at radius 2 is 1.82 bits per heavy atom. The molecule has 0 spiro atoms. The van der Waals surface area contributed by atoms with Crippen LogP contribution in [-0.2, 0) is 16.6 Å². The Balaban J connectivity index is 1.46. The zero-order chi connectivity index (χ0) is 26.9. The molecule has 0 atom stereocenters. The van der Waals surface area contributed by atoms with Gasteiger partial charge in [-0.05, 0) is 80.3 Å². The van der Waals surface area contributed by atoms with E-state index in [1.54, 1.807) is 45.8 Å². The molecular formula is C29H33N3O4S2. The Bertz CT molecular complexity index is 1520. The van der Waals surface area contributed by atoms with Crippen LogP contribution >= 0.6 is 11.3 Å². The fraction of sp³-hybridized carbons (Fsp3) is 0.379. The van der Waals surface area contributed by atoms with Crippen LogP contribution in [0.25, 0.3) is 10.2 Å². The summed E-state index contributed by atoms with van der Waals surface area (Å²) in [6.45, 7) is 6.61. The van der Waals surface area contributed by atoms with Crippen molar-refractivity contribution in [2.75, 3.05) is 11.4 Å². The Kier molecular flexibility index (Phi) is 7.70. The molecular weight excluding hydrogens is 518 g/mol. The number of amides is 1. The maximum absolute atomic E-state index is 13.8. The summed E-state index contributed by atoms with van der Waals surface area (Å²) in [5.74, 6) is 0.370. The number of thiazole rings is 1. The van der Waals surface area contributed by atoms with Crippen LogP contribution in [0.15, 0.2) is 64.1 Å². The van der Waals surface area contributed by atoms with Crippen molar-refractivity contribution in [3.05, 3.63) is 77.2 Å². The van der Waals surface area contributed by atoms with Gasteiger partial charge in [-0.1, -0.05) is 43.6 Å². The molecule has 1 aliphatic rings. The summed E-state index contributed by atoms with van der Waals surface area (Å²) in [6, 6.07) is 14.1. The van der Waals surface area contributed by atoms with Gasteiger partial charge in [-0.2, -0.15) is 4.31 Å². The summed E-state index contributed by atoms with van der Waals surface area (Å²) in [4.78, 5) is 20.4. The number of aryl methyl sites for hydroxylation is 2. The van der Waals surface area contributed by atoms with E-state index in [-0.39, 0.29) is 23.4 Å².